The van der Waals surface area contributed by atoms with Gasteiger partial charge in [0.1, 0.15) is 11.6 Å². The molecule has 0 bridgehead atoms. The summed E-state index contributed by atoms with van der Waals surface area (Å²) >= 11 is 0. The Kier molecular flexibility index (Phi) is 4.93. The van der Waals surface area contributed by atoms with E-state index in [1.807, 2.05) is 6.07 Å². The number of fused-ring (bicyclic) bond motifs is 1. The second-order valence-corrected chi connectivity index (χ2v) is 7.86. The number of hydrogen-bond donors (Lipinski definition) is 0. The highest BCUT2D eigenvalue weighted by Gasteiger charge is 2.26. The van der Waals surface area contributed by atoms with Gasteiger partial charge in [0.15, 0.2) is 0 Å². The van der Waals surface area contributed by atoms with Gasteiger partial charge in [-0.3, -0.25) is 0 Å². The quantitative estimate of drug-likeness (QED) is 0.529. The lowest BCUT2D eigenvalue weighted by atomic mass is 9.74. The van der Waals surface area contributed by atoms with E-state index in [0.29, 0.717) is 17.9 Å². The molecule has 0 aromatic heterocycles. The van der Waals surface area contributed by atoms with Gasteiger partial charge in [-0.25, -0.2) is 8.78 Å². The maximum absolute atomic E-state index is 15.1. The molecule has 0 amide bonds. The summed E-state index contributed by atoms with van der Waals surface area (Å²) in [5.41, 5.74) is 4.77. The Bertz CT molecular complexity index is 809. The highest BCUT2D eigenvalue weighted by atomic mass is 19.1. The van der Waals surface area contributed by atoms with E-state index in [0.717, 1.165) is 29.0 Å². The minimum absolute atomic E-state index is 0.140. The third kappa shape index (κ3) is 3.34. The van der Waals surface area contributed by atoms with Gasteiger partial charge >= 0.3 is 0 Å². The van der Waals surface area contributed by atoms with E-state index in [4.69, 9.17) is 0 Å². The molecule has 1 saturated carbocycles. The molecule has 0 aliphatic heterocycles. The standard InChI is InChI=1S/C24H26F2/c1-2-16-3-5-17(6-4-16)19-9-13-23-20(15-19)10-14-22(24(23)26)18-7-11-21(25)12-8-18/h7-12,14,16-17H,2-6,13,15H2,1H3. The molecule has 0 atom stereocenters. The Balaban J connectivity index is 1.55. The number of rotatable bonds is 3. The van der Waals surface area contributed by atoms with Crippen LogP contribution in [0.25, 0.3) is 11.1 Å². The molecule has 1 fully saturated rings. The van der Waals surface area contributed by atoms with Crippen LogP contribution in [-0.4, -0.2) is 0 Å². The van der Waals surface area contributed by atoms with Crippen LogP contribution in [0.2, 0.25) is 0 Å². The van der Waals surface area contributed by atoms with Crippen molar-refractivity contribution >= 4 is 0 Å². The fourth-order valence-electron chi connectivity index (χ4n) is 4.68. The second-order valence-electron chi connectivity index (χ2n) is 7.86. The summed E-state index contributed by atoms with van der Waals surface area (Å²) < 4.78 is 28.2. The van der Waals surface area contributed by atoms with Crippen molar-refractivity contribution < 1.29 is 8.78 Å². The first-order valence-corrected chi connectivity index (χ1v) is 9.90. The van der Waals surface area contributed by atoms with Crippen molar-refractivity contribution in [1.29, 1.82) is 0 Å². The lowest BCUT2D eigenvalue weighted by Gasteiger charge is -2.31. The molecule has 2 aliphatic carbocycles. The lowest BCUT2D eigenvalue weighted by molar-refractivity contribution is 0.292. The maximum atomic E-state index is 15.1. The average molecular weight is 352 g/mol. The minimum atomic E-state index is -0.294. The average Bonchev–Trinajstić information content (AvgIpc) is 2.69. The second kappa shape index (κ2) is 7.34. The van der Waals surface area contributed by atoms with Crippen LogP contribution in [0.1, 0.15) is 50.2 Å². The first-order valence-electron chi connectivity index (χ1n) is 9.90. The van der Waals surface area contributed by atoms with Gasteiger partial charge in [-0.15, -0.1) is 0 Å². The van der Waals surface area contributed by atoms with E-state index in [-0.39, 0.29) is 11.6 Å². The minimum Gasteiger partial charge on any atom is -0.207 e. The van der Waals surface area contributed by atoms with Crippen molar-refractivity contribution in [1.82, 2.24) is 0 Å². The van der Waals surface area contributed by atoms with E-state index in [9.17, 15) is 4.39 Å². The van der Waals surface area contributed by atoms with Crippen LogP contribution in [0.3, 0.4) is 0 Å². The van der Waals surface area contributed by atoms with Gasteiger partial charge < -0.3 is 0 Å². The molecule has 0 nitrogen and oxygen atoms in total. The fraction of sp³-hybridized carbons (Fsp3) is 0.417. The summed E-state index contributed by atoms with van der Waals surface area (Å²) in [5, 5.41) is 0. The van der Waals surface area contributed by atoms with Crippen molar-refractivity contribution in [2.45, 2.75) is 51.9 Å². The number of allylic oxidation sites excluding steroid dienone is 2. The number of hydrogen-bond acceptors (Lipinski definition) is 0. The highest BCUT2D eigenvalue weighted by molar-refractivity contribution is 5.66. The van der Waals surface area contributed by atoms with Crippen LogP contribution < -0.4 is 0 Å². The van der Waals surface area contributed by atoms with Crippen molar-refractivity contribution in [2.24, 2.45) is 11.8 Å². The number of halogens is 2. The van der Waals surface area contributed by atoms with E-state index in [2.05, 4.69) is 19.1 Å². The molecule has 2 aromatic carbocycles. The molecule has 0 spiro atoms. The molecule has 136 valence electrons. The fourth-order valence-corrected chi connectivity index (χ4v) is 4.68. The molecule has 26 heavy (non-hydrogen) atoms. The zero-order chi connectivity index (χ0) is 18.1. The third-order valence-corrected chi connectivity index (χ3v) is 6.41. The van der Waals surface area contributed by atoms with Gasteiger partial charge in [0.25, 0.3) is 0 Å². The summed E-state index contributed by atoms with van der Waals surface area (Å²) in [6.07, 6.45) is 10.4. The van der Waals surface area contributed by atoms with Crippen LogP contribution in [0.15, 0.2) is 48.0 Å². The van der Waals surface area contributed by atoms with E-state index >= 15 is 4.39 Å². The Morgan fingerprint density at radius 1 is 0.923 bits per heavy atom. The predicted molar refractivity (Wildman–Crippen MR) is 103 cm³/mol. The molecule has 2 heteroatoms. The summed E-state index contributed by atoms with van der Waals surface area (Å²) in [6, 6.07) is 10.0. The molecule has 0 heterocycles. The Morgan fingerprint density at radius 3 is 2.35 bits per heavy atom. The van der Waals surface area contributed by atoms with Crippen molar-refractivity contribution in [3.63, 3.8) is 0 Å². The summed E-state index contributed by atoms with van der Waals surface area (Å²) in [5.74, 6) is 1.15. The molecular weight excluding hydrogens is 326 g/mol. The Morgan fingerprint density at radius 2 is 1.65 bits per heavy atom. The van der Waals surface area contributed by atoms with Crippen LogP contribution >= 0.6 is 0 Å². The summed E-state index contributed by atoms with van der Waals surface area (Å²) in [4.78, 5) is 0. The van der Waals surface area contributed by atoms with Crippen molar-refractivity contribution in [2.75, 3.05) is 0 Å². The van der Waals surface area contributed by atoms with E-state index in [1.165, 1.54) is 49.8 Å². The molecule has 0 N–H and O–H groups in total. The van der Waals surface area contributed by atoms with Gasteiger partial charge in [-0.2, -0.15) is 0 Å². The molecule has 0 unspecified atom stereocenters. The van der Waals surface area contributed by atoms with Crippen LogP contribution in [-0.2, 0) is 12.8 Å². The first kappa shape index (κ1) is 17.5. The van der Waals surface area contributed by atoms with Gasteiger partial charge in [0.05, 0.1) is 0 Å². The van der Waals surface area contributed by atoms with Gasteiger partial charge in [0.2, 0.25) is 0 Å². The van der Waals surface area contributed by atoms with Crippen LogP contribution in [0.5, 0.6) is 0 Å². The van der Waals surface area contributed by atoms with Crippen molar-refractivity contribution in [3.05, 3.63) is 70.8 Å². The first-order chi connectivity index (χ1) is 12.7. The van der Waals surface area contributed by atoms with E-state index < -0.39 is 0 Å². The lowest BCUT2D eigenvalue weighted by Crippen LogP contribution is -2.19. The molecular formula is C24H26F2. The Hall–Kier alpha value is -1.96. The smallest absolute Gasteiger partial charge is 0.134 e. The monoisotopic (exact) mass is 352 g/mol. The molecule has 4 rings (SSSR count). The van der Waals surface area contributed by atoms with Crippen molar-refractivity contribution in [3.8, 4) is 11.1 Å². The van der Waals surface area contributed by atoms with Crippen LogP contribution in [0, 0.1) is 23.5 Å². The van der Waals surface area contributed by atoms with Gasteiger partial charge in [0, 0.05) is 5.56 Å². The normalized spacial score (nSPS) is 22.7. The maximum Gasteiger partial charge on any atom is 0.134 e. The van der Waals surface area contributed by atoms with Gasteiger partial charge in [-0.05, 0) is 79.2 Å². The third-order valence-electron chi connectivity index (χ3n) is 6.41. The topological polar surface area (TPSA) is 0 Å². The molecule has 0 radical (unpaired) electrons. The molecule has 0 saturated heterocycles. The van der Waals surface area contributed by atoms with E-state index in [1.54, 1.807) is 12.1 Å². The largest absolute Gasteiger partial charge is 0.207 e. The molecule has 2 aliphatic rings. The molecule has 2 aromatic rings. The van der Waals surface area contributed by atoms with Gasteiger partial charge in [-0.1, -0.05) is 49.3 Å². The van der Waals surface area contributed by atoms with Crippen LogP contribution in [0.4, 0.5) is 8.78 Å². The highest BCUT2D eigenvalue weighted by Crippen LogP contribution is 2.39. The SMILES string of the molecule is CCC1CCC(C2=CCc3c(ccc(-c4ccc(F)cc4)c3F)C2)CC1. The predicted octanol–water partition coefficient (Wildman–Crippen LogP) is 6.87. The Labute approximate surface area is 154 Å². The number of benzene rings is 2. The zero-order valence-electron chi connectivity index (χ0n) is 15.4. The summed E-state index contributed by atoms with van der Waals surface area (Å²) in [7, 11) is 0. The summed E-state index contributed by atoms with van der Waals surface area (Å²) in [6.45, 7) is 2.29. The zero-order valence-corrected chi connectivity index (χ0v) is 15.4.